The molecule has 2 unspecified atom stereocenters. The molecule has 0 radical (unpaired) electrons. The molecule has 0 aromatic rings. The van der Waals surface area contributed by atoms with Gasteiger partial charge in [0.15, 0.2) is 0 Å². The van der Waals surface area contributed by atoms with Crippen LogP contribution in [0.2, 0.25) is 0 Å². The summed E-state index contributed by atoms with van der Waals surface area (Å²) < 4.78 is 0. The van der Waals surface area contributed by atoms with Crippen molar-refractivity contribution in [2.45, 2.75) is 58.4 Å². The van der Waals surface area contributed by atoms with Gasteiger partial charge >= 0.3 is 0 Å². The first-order valence-electron chi connectivity index (χ1n) is 6.54. The minimum absolute atomic E-state index is 0.868. The maximum absolute atomic E-state index is 3.74. The predicted octanol–water partition coefficient (Wildman–Crippen LogP) is 3.20. The van der Waals surface area contributed by atoms with E-state index < -0.39 is 0 Å². The average Bonchev–Trinajstić information content (AvgIpc) is 2.67. The minimum atomic E-state index is 0.868. The van der Waals surface area contributed by atoms with Crippen LogP contribution in [-0.2, 0) is 0 Å². The molecular weight excluding hydrogens is 170 g/mol. The molecule has 0 aromatic carbocycles. The summed E-state index contributed by atoms with van der Waals surface area (Å²) in [6.07, 6.45) is 8.71. The highest BCUT2D eigenvalue weighted by molar-refractivity contribution is 4.90. The smallest absolute Gasteiger partial charge is 0.0124 e. The Bertz CT molecular complexity index is 170. The van der Waals surface area contributed by atoms with E-state index in [1.54, 1.807) is 0 Å². The Kier molecular flexibility index (Phi) is 3.48. The third-order valence-corrected chi connectivity index (χ3v) is 4.50. The zero-order valence-corrected chi connectivity index (χ0v) is 9.76. The van der Waals surface area contributed by atoms with Gasteiger partial charge in [0.2, 0.25) is 0 Å². The van der Waals surface area contributed by atoms with Gasteiger partial charge in [-0.3, -0.25) is 0 Å². The SMILES string of the molecule is CCC1CCNC1C1CCC(C)CC1. The van der Waals surface area contributed by atoms with Crippen LogP contribution < -0.4 is 5.32 Å². The lowest BCUT2D eigenvalue weighted by atomic mass is 9.76. The highest BCUT2D eigenvalue weighted by atomic mass is 15.0. The van der Waals surface area contributed by atoms with Crippen LogP contribution in [-0.4, -0.2) is 12.6 Å². The lowest BCUT2D eigenvalue weighted by Crippen LogP contribution is -2.37. The molecular formula is C13H25N. The fraction of sp³-hybridized carbons (Fsp3) is 1.00. The van der Waals surface area contributed by atoms with Crippen molar-refractivity contribution in [2.24, 2.45) is 17.8 Å². The van der Waals surface area contributed by atoms with Crippen LogP contribution in [0.3, 0.4) is 0 Å². The maximum Gasteiger partial charge on any atom is 0.0124 e. The van der Waals surface area contributed by atoms with Crippen LogP contribution in [0.25, 0.3) is 0 Å². The van der Waals surface area contributed by atoms with Gasteiger partial charge in [-0.25, -0.2) is 0 Å². The molecule has 1 aliphatic heterocycles. The molecule has 1 saturated carbocycles. The van der Waals surface area contributed by atoms with E-state index >= 15 is 0 Å². The molecule has 1 aliphatic carbocycles. The third kappa shape index (κ3) is 2.13. The second-order valence-electron chi connectivity index (χ2n) is 5.46. The van der Waals surface area contributed by atoms with Crippen molar-refractivity contribution in [3.63, 3.8) is 0 Å². The Morgan fingerprint density at radius 3 is 2.43 bits per heavy atom. The highest BCUT2D eigenvalue weighted by Gasteiger charge is 2.33. The summed E-state index contributed by atoms with van der Waals surface area (Å²) in [5, 5.41) is 3.74. The lowest BCUT2D eigenvalue weighted by molar-refractivity contribution is 0.211. The first-order valence-corrected chi connectivity index (χ1v) is 6.54. The Hall–Kier alpha value is -0.0400. The Morgan fingerprint density at radius 2 is 1.79 bits per heavy atom. The van der Waals surface area contributed by atoms with Gasteiger partial charge in [0.1, 0.15) is 0 Å². The van der Waals surface area contributed by atoms with E-state index in [-0.39, 0.29) is 0 Å². The molecule has 2 aliphatic rings. The number of hydrogen-bond acceptors (Lipinski definition) is 1. The second-order valence-corrected chi connectivity index (χ2v) is 5.46. The average molecular weight is 195 g/mol. The third-order valence-electron chi connectivity index (χ3n) is 4.50. The molecule has 82 valence electrons. The summed E-state index contributed by atoms with van der Waals surface area (Å²) in [5.41, 5.74) is 0. The van der Waals surface area contributed by atoms with Crippen LogP contribution in [0, 0.1) is 17.8 Å². The van der Waals surface area contributed by atoms with Crippen LogP contribution in [0.1, 0.15) is 52.4 Å². The van der Waals surface area contributed by atoms with Gasteiger partial charge in [0, 0.05) is 6.04 Å². The molecule has 0 amide bonds. The predicted molar refractivity (Wildman–Crippen MR) is 61.3 cm³/mol. The number of rotatable bonds is 2. The zero-order valence-electron chi connectivity index (χ0n) is 9.76. The summed E-state index contributed by atoms with van der Waals surface area (Å²) in [4.78, 5) is 0. The summed E-state index contributed by atoms with van der Waals surface area (Å²) in [5.74, 6) is 2.97. The van der Waals surface area contributed by atoms with Crippen LogP contribution in [0.15, 0.2) is 0 Å². The molecule has 0 aromatic heterocycles. The summed E-state index contributed by atoms with van der Waals surface area (Å²) in [7, 11) is 0. The molecule has 2 atom stereocenters. The van der Waals surface area contributed by atoms with Gasteiger partial charge < -0.3 is 5.32 Å². The molecule has 2 rings (SSSR count). The van der Waals surface area contributed by atoms with E-state index in [1.165, 1.54) is 45.1 Å². The molecule has 1 N–H and O–H groups in total. The van der Waals surface area contributed by atoms with Crippen molar-refractivity contribution in [2.75, 3.05) is 6.54 Å². The van der Waals surface area contributed by atoms with Gasteiger partial charge in [-0.2, -0.15) is 0 Å². The van der Waals surface area contributed by atoms with E-state index in [1.807, 2.05) is 0 Å². The van der Waals surface area contributed by atoms with E-state index in [9.17, 15) is 0 Å². The van der Waals surface area contributed by atoms with Gasteiger partial charge in [0.05, 0.1) is 0 Å². The van der Waals surface area contributed by atoms with Gasteiger partial charge in [-0.15, -0.1) is 0 Å². The normalized spacial score (nSPS) is 44.1. The van der Waals surface area contributed by atoms with Crippen molar-refractivity contribution in [3.8, 4) is 0 Å². The highest BCUT2D eigenvalue weighted by Crippen LogP contribution is 2.36. The van der Waals surface area contributed by atoms with E-state index in [0.29, 0.717) is 0 Å². The molecule has 14 heavy (non-hydrogen) atoms. The van der Waals surface area contributed by atoms with Gasteiger partial charge in [-0.05, 0) is 43.6 Å². The molecule has 0 bridgehead atoms. The molecule has 1 heterocycles. The molecule has 1 saturated heterocycles. The van der Waals surface area contributed by atoms with E-state index in [2.05, 4.69) is 19.2 Å². The second kappa shape index (κ2) is 4.65. The van der Waals surface area contributed by atoms with Crippen molar-refractivity contribution in [1.82, 2.24) is 5.32 Å². The first-order chi connectivity index (χ1) is 6.81. The van der Waals surface area contributed by atoms with Crippen molar-refractivity contribution >= 4 is 0 Å². The van der Waals surface area contributed by atoms with Crippen LogP contribution >= 0.6 is 0 Å². The monoisotopic (exact) mass is 195 g/mol. The standard InChI is InChI=1S/C13H25N/c1-3-11-8-9-14-13(11)12-6-4-10(2)5-7-12/h10-14H,3-9H2,1-2H3. The van der Waals surface area contributed by atoms with Crippen molar-refractivity contribution in [1.29, 1.82) is 0 Å². The van der Waals surface area contributed by atoms with Crippen molar-refractivity contribution < 1.29 is 0 Å². The quantitative estimate of drug-likeness (QED) is 0.713. The molecule has 2 fully saturated rings. The van der Waals surface area contributed by atoms with E-state index in [4.69, 9.17) is 0 Å². The van der Waals surface area contributed by atoms with Crippen LogP contribution in [0.5, 0.6) is 0 Å². The zero-order chi connectivity index (χ0) is 9.97. The molecule has 1 heteroatoms. The molecule has 1 nitrogen and oxygen atoms in total. The maximum atomic E-state index is 3.74. The van der Waals surface area contributed by atoms with Gasteiger partial charge in [-0.1, -0.05) is 33.1 Å². The minimum Gasteiger partial charge on any atom is -0.313 e. The molecule has 0 spiro atoms. The number of nitrogens with one attached hydrogen (secondary N) is 1. The summed E-state index contributed by atoms with van der Waals surface area (Å²) in [6, 6.07) is 0.868. The van der Waals surface area contributed by atoms with Crippen LogP contribution in [0.4, 0.5) is 0 Å². The Morgan fingerprint density at radius 1 is 1.07 bits per heavy atom. The fourth-order valence-electron chi connectivity index (χ4n) is 3.44. The summed E-state index contributed by atoms with van der Waals surface area (Å²) in [6.45, 7) is 6.04. The Labute approximate surface area is 88.7 Å². The Balaban J connectivity index is 1.88. The summed E-state index contributed by atoms with van der Waals surface area (Å²) >= 11 is 0. The van der Waals surface area contributed by atoms with Gasteiger partial charge in [0.25, 0.3) is 0 Å². The fourth-order valence-corrected chi connectivity index (χ4v) is 3.44. The number of hydrogen-bond donors (Lipinski definition) is 1. The van der Waals surface area contributed by atoms with Crippen molar-refractivity contribution in [3.05, 3.63) is 0 Å². The first kappa shape index (κ1) is 10.5. The topological polar surface area (TPSA) is 12.0 Å². The largest absolute Gasteiger partial charge is 0.313 e. The van der Waals surface area contributed by atoms with E-state index in [0.717, 1.165) is 23.8 Å². The lowest BCUT2D eigenvalue weighted by Gasteiger charge is -2.33.